The maximum Gasteiger partial charge on any atom is 0.347 e. The number of aromatic carboxylic acids is 1. The maximum atomic E-state index is 13.5. The normalized spacial score (nSPS) is 16.1. The van der Waals surface area contributed by atoms with Crippen molar-refractivity contribution in [2.75, 3.05) is 62.5 Å². The summed E-state index contributed by atoms with van der Waals surface area (Å²) in [6, 6.07) is 24.6. The third-order valence-electron chi connectivity index (χ3n) is 10.5. The molecule has 6 rings (SSSR count). The summed E-state index contributed by atoms with van der Waals surface area (Å²) in [5.74, 6) is -1.56. The highest BCUT2D eigenvalue weighted by Crippen LogP contribution is 2.32. The van der Waals surface area contributed by atoms with E-state index in [4.69, 9.17) is 23.7 Å². The fraction of sp³-hybridized carbons (Fsp3) is 0.409. The zero-order valence-electron chi connectivity index (χ0n) is 33.4. The van der Waals surface area contributed by atoms with E-state index in [1.165, 1.54) is 36.4 Å². The Labute approximate surface area is 347 Å². The summed E-state index contributed by atoms with van der Waals surface area (Å²) in [5.41, 5.74) is 1.84. The van der Waals surface area contributed by atoms with Gasteiger partial charge in [-0.3, -0.25) is 20.2 Å². The number of ether oxygens (including phenoxy) is 5. The number of non-ortho nitro benzene ring substituents is 2. The summed E-state index contributed by atoms with van der Waals surface area (Å²) in [4.78, 5) is 51.5. The standard InChI is InChI=1S/C44H50N4O12/c49-43(50)39-28-42(59-27-7-5-25-57-31-37-11-9-23-46(37)33-16-20-35(21-17-33)48(54)55)40(44(51)60-38-12-2-1-3-13-38)29-41(39)58-26-6-4-24-56-30-36-10-8-22-45(36)32-14-18-34(19-15-32)47(52)53/h1-3,12-21,28-29,36-37H,4-11,22-27,30-31H2,(H,49,50). The number of rotatable bonds is 23. The monoisotopic (exact) mass is 826 g/mol. The van der Waals surface area contributed by atoms with E-state index in [0.29, 0.717) is 57.9 Å². The van der Waals surface area contributed by atoms with E-state index < -0.39 is 21.8 Å². The molecule has 2 heterocycles. The van der Waals surface area contributed by atoms with E-state index in [-0.39, 0.29) is 59.3 Å². The number of anilines is 2. The van der Waals surface area contributed by atoms with Crippen molar-refractivity contribution >= 4 is 34.7 Å². The molecule has 0 radical (unpaired) electrons. The van der Waals surface area contributed by atoms with Crippen LogP contribution in [0.15, 0.2) is 91.0 Å². The van der Waals surface area contributed by atoms with Gasteiger partial charge in [-0.1, -0.05) is 18.2 Å². The smallest absolute Gasteiger partial charge is 0.347 e. The fourth-order valence-corrected chi connectivity index (χ4v) is 7.42. The first-order valence-electron chi connectivity index (χ1n) is 20.3. The number of hydrogen-bond donors (Lipinski definition) is 1. The van der Waals surface area contributed by atoms with Crippen molar-refractivity contribution in [3.8, 4) is 17.2 Å². The van der Waals surface area contributed by atoms with Crippen molar-refractivity contribution in [1.82, 2.24) is 0 Å². The first-order valence-corrected chi connectivity index (χ1v) is 20.3. The molecule has 1 N–H and O–H groups in total. The summed E-state index contributed by atoms with van der Waals surface area (Å²) in [7, 11) is 0. The van der Waals surface area contributed by atoms with Crippen molar-refractivity contribution in [3.63, 3.8) is 0 Å². The molecule has 60 heavy (non-hydrogen) atoms. The number of carboxylic acid groups (broad SMARTS) is 1. The lowest BCUT2D eigenvalue weighted by Crippen LogP contribution is -2.33. The average molecular weight is 827 g/mol. The van der Waals surface area contributed by atoms with Gasteiger partial charge < -0.3 is 38.6 Å². The summed E-state index contributed by atoms with van der Waals surface area (Å²) in [6.45, 7) is 4.02. The predicted octanol–water partition coefficient (Wildman–Crippen LogP) is 8.11. The minimum atomic E-state index is -1.24. The van der Waals surface area contributed by atoms with E-state index >= 15 is 0 Å². The molecule has 318 valence electrons. The van der Waals surface area contributed by atoms with Crippen LogP contribution in [0.3, 0.4) is 0 Å². The number of esters is 1. The number of carbonyl (C=O) groups excluding carboxylic acids is 1. The highest BCUT2D eigenvalue weighted by molar-refractivity contribution is 5.98. The van der Waals surface area contributed by atoms with E-state index in [9.17, 15) is 34.9 Å². The molecule has 0 amide bonds. The Hall–Kier alpha value is -6.26. The zero-order valence-corrected chi connectivity index (χ0v) is 33.4. The fourth-order valence-electron chi connectivity index (χ4n) is 7.42. The molecule has 2 unspecified atom stereocenters. The third-order valence-corrected chi connectivity index (χ3v) is 10.5. The molecule has 2 aliphatic heterocycles. The number of para-hydroxylation sites is 1. The van der Waals surface area contributed by atoms with Gasteiger partial charge in [0.05, 0.1) is 48.4 Å². The zero-order chi connectivity index (χ0) is 42.3. The molecule has 0 spiro atoms. The van der Waals surface area contributed by atoms with Crippen LogP contribution < -0.4 is 24.0 Å². The molecule has 2 atom stereocenters. The summed E-state index contributed by atoms with van der Waals surface area (Å²) in [6.07, 6.45) is 6.36. The van der Waals surface area contributed by atoms with E-state index in [1.807, 2.05) is 0 Å². The highest BCUT2D eigenvalue weighted by atomic mass is 16.6. The van der Waals surface area contributed by atoms with Gasteiger partial charge in [0, 0.05) is 61.9 Å². The third kappa shape index (κ3) is 11.9. The topological polar surface area (TPSA) is 193 Å². The van der Waals surface area contributed by atoms with Crippen molar-refractivity contribution in [3.05, 3.63) is 122 Å². The molecule has 4 aromatic rings. The van der Waals surface area contributed by atoms with E-state index in [0.717, 1.165) is 50.1 Å². The SMILES string of the molecule is O=C(O)c1cc(OCCCCOCC2CCCN2c2ccc([N+](=O)[O-])cc2)c(C(=O)Oc2ccccc2)cc1OCCCCOCC1CCCN1c1ccc([N+](=O)[O-])cc1. The number of nitrogens with zero attached hydrogens (tertiary/aromatic N) is 4. The molecular formula is C44H50N4O12. The lowest BCUT2D eigenvalue weighted by molar-refractivity contribution is -0.385. The van der Waals surface area contributed by atoms with Crippen molar-refractivity contribution in [2.24, 2.45) is 0 Å². The number of carboxylic acids is 1. The van der Waals surface area contributed by atoms with Gasteiger partial charge in [0.1, 0.15) is 28.4 Å². The maximum absolute atomic E-state index is 13.5. The second-order valence-corrected chi connectivity index (χ2v) is 14.6. The van der Waals surface area contributed by atoms with Crippen LogP contribution in [0.5, 0.6) is 17.2 Å². The molecule has 0 aliphatic carbocycles. The number of unbranched alkanes of at least 4 members (excludes halogenated alkanes) is 2. The molecule has 16 heteroatoms. The van der Waals surface area contributed by atoms with Gasteiger partial charge in [-0.15, -0.1) is 0 Å². The number of benzene rings is 4. The number of carbonyl (C=O) groups is 2. The summed E-state index contributed by atoms with van der Waals surface area (Å²) in [5, 5.41) is 32.2. The second kappa shape index (κ2) is 21.7. The van der Waals surface area contributed by atoms with Crippen molar-refractivity contribution in [2.45, 2.75) is 63.5 Å². The largest absolute Gasteiger partial charge is 0.493 e. The highest BCUT2D eigenvalue weighted by Gasteiger charge is 2.27. The Balaban J connectivity index is 0.976. The average Bonchev–Trinajstić information content (AvgIpc) is 3.93. The molecule has 0 saturated carbocycles. The molecule has 0 aromatic heterocycles. The van der Waals surface area contributed by atoms with Crippen LogP contribution in [0.25, 0.3) is 0 Å². The van der Waals surface area contributed by atoms with Gasteiger partial charge in [-0.2, -0.15) is 0 Å². The molecule has 2 fully saturated rings. The minimum absolute atomic E-state index is 0.0172. The molecule has 4 aromatic carbocycles. The summed E-state index contributed by atoms with van der Waals surface area (Å²) >= 11 is 0. The van der Waals surface area contributed by atoms with Gasteiger partial charge in [0.25, 0.3) is 11.4 Å². The van der Waals surface area contributed by atoms with Gasteiger partial charge in [0.15, 0.2) is 0 Å². The first kappa shape index (κ1) is 43.3. The van der Waals surface area contributed by atoms with E-state index in [2.05, 4.69) is 9.80 Å². The molecule has 2 aliphatic rings. The molecular weight excluding hydrogens is 776 g/mol. The predicted molar refractivity (Wildman–Crippen MR) is 223 cm³/mol. The van der Waals surface area contributed by atoms with Crippen LogP contribution in [-0.4, -0.2) is 91.7 Å². The van der Waals surface area contributed by atoms with Crippen molar-refractivity contribution < 1.29 is 48.2 Å². The van der Waals surface area contributed by atoms with Crippen LogP contribution in [0, 0.1) is 20.2 Å². The van der Waals surface area contributed by atoms with Gasteiger partial charge in [0.2, 0.25) is 0 Å². The number of nitro groups is 2. The van der Waals surface area contributed by atoms with Crippen LogP contribution in [0.2, 0.25) is 0 Å². The Morgan fingerprint density at radius 1 is 0.633 bits per heavy atom. The minimum Gasteiger partial charge on any atom is -0.493 e. The lowest BCUT2D eigenvalue weighted by Gasteiger charge is -2.26. The molecule has 0 bridgehead atoms. The molecule has 16 nitrogen and oxygen atoms in total. The summed E-state index contributed by atoms with van der Waals surface area (Å²) < 4.78 is 29.5. The van der Waals surface area contributed by atoms with Crippen LogP contribution in [-0.2, 0) is 9.47 Å². The number of hydrogen-bond acceptors (Lipinski definition) is 13. The van der Waals surface area contributed by atoms with Crippen LogP contribution >= 0.6 is 0 Å². The molecule has 2 saturated heterocycles. The first-order chi connectivity index (χ1) is 29.2. The lowest BCUT2D eigenvalue weighted by atomic mass is 10.1. The number of nitro benzene ring substituents is 2. The van der Waals surface area contributed by atoms with Crippen molar-refractivity contribution in [1.29, 1.82) is 0 Å². The second-order valence-electron chi connectivity index (χ2n) is 14.6. The van der Waals surface area contributed by atoms with Gasteiger partial charge in [-0.05, 0) is 99.9 Å². The van der Waals surface area contributed by atoms with Gasteiger partial charge >= 0.3 is 11.9 Å². The Bertz CT molecular complexity index is 2050. The quantitative estimate of drug-likeness (QED) is 0.0248. The Morgan fingerprint density at radius 3 is 1.55 bits per heavy atom. The van der Waals surface area contributed by atoms with Crippen LogP contribution in [0.1, 0.15) is 72.1 Å². The Kier molecular flexibility index (Phi) is 15.6. The van der Waals surface area contributed by atoms with E-state index in [1.54, 1.807) is 54.6 Å². The van der Waals surface area contributed by atoms with Crippen LogP contribution in [0.4, 0.5) is 22.7 Å². The van der Waals surface area contributed by atoms with Gasteiger partial charge in [-0.25, -0.2) is 9.59 Å². The Morgan fingerprint density at radius 2 is 1.08 bits per heavy atom.